The summed E-state index contributed by atoms with van der Waals surface area (Å²) < 4.78 is 5.18. The summed E-state index contributed by atoms with van der Waals surface area (Å²) in [6.07, 6.45) is 2.47. The van der Waals surface area contributed by atoms with Gasteiger partial charge in [0, 0.05) is 24.0 Å². The van der Waals surface area contributed by atoms with Crippen LogP contribution in [-0.4, -0.2) is 31.1 Å². The molecule has 0 unspecified atom stereocenters. The summed E-state index contributed by atoms with van der Waals surface area (Å²) >= 11 is 1.65. The standard InChI is InChI=1S/C16H20N4OS/c1-17-16(20-12-5-6-12)18-9-13-10-22-15(19-13)11-3-7-14(21-2)8-4-11/h3-4,7-8,10,12H,5-6,9H2,1-2H3,(H2,17,18,20). The van der Waals surface area contributed by atoms with Crippen molar-refractivity contribution < 1.29 is 4.74 Å². The summed E-state index contributed by atoms with van der Waals surface area (Å²) in [4.78, 5) is 8.89. The predicted octanol–water partition coefficient (Wildman–Crippen LogP) is 2.65. The van der Waals surface area contributed by atoms with Crippen LogP contribution in [0.2, 0.25) is 0 Å². The molecule has 0 aliphatic heterocycles. The van der Waals surface area contributed by atoms with E-state index in [2.05, 4.69) is 26.0 Å². The SMILES string of the molecule is CN=C(NCc1csc(-c2ccc(OC)cc2)n1)NC1CC1. The van der Waals surface area contributed by atoms with E-state index in [4.69, 9.17) is 4.74 Å². The molecule has 1 aliphatic rings. The highest BCUT2D eigenvalue weighted by molar-refractivity contribution is 7.13. The molecular weight excluding hydrogens is 296 g/mol. The Kier molecular flexibility index (Phi) is 4.58. The van der Waals surface area contributed by atoms with E-state index in [9.17, 15) is 0 Å². The number of hydrogen-bond donors (Lipinski definition) is 2. The van der Waals surface area contributed by atoms with E-state index in [1.807, 2.05) is 24.3 Å². The summed E-state index contributed by atoms with van der Waals surface area (Å²) in [6.45, 7) is 0.680. The van der Waals surface area contributed by atoms with Crippen molar-refractivity contribution in [3.8, 4) is 16.3 Å². The van der Waals surface area contributed by atoms with Crippen LogP contribution in [-0.2, 0) is 6.54 Å². The Balaban J connectivity index is 1.60. The van der Waals surface area contributed by atoms with Gasteiger partial charge in [0.2, 0.25) is 0 Å². The summed E-state index contributed by atoms with van der Waals surface area (Å²) in [7, 11) is 3.46. The number of hydrogen-bond acceptors (Lipinski definition) is 4. The van der Waals surface area contributed by atoms with Crippen molar-refractivity contribution in [1.29, 1.82) is 0 Å². The van der Waals surface area contributed by atoms with Crippen molar-refractivity contribution in [3.63, 3.8) is 0 Å². The first-order valence-corrected chi connectivity index (χ1v) is 8.22. The third kappa shape index (κ3) is 3.76. The van der Waals surface area contributed by atoms with Crippen LogP contribution in [0.3, 0.4) is 0 Å². The normalized spacial score (nSPS) is 14.7. The van der Waals surface area contributed by atoms with Gasteiger partial charge in [-0.1, -0.05) is 0 Å². The molecule has 1 heterocycles. The minimum Gasteiger partial charge on any atom is -0.497 e. The number of ether oxygens (including phenoxy) is 1. The zero-order valence-electron chi connectivity index (χ0n) is 12.8. The van der Waals surface area contributed by atoms with Gasteiger partial charge in [-0.2, -0.15) is 0 Å². The van der Waals surface area contributed by atoms with E-state index in [0.717, 1.165) is 28.0 Å². The van der Waals surface area contributed by atoms with Gasteiger partial charge < -0.3 is 15.4 Å². The van der Waals surface area contributed by atoms with Crippen LogP contribution in [0.5, 0.6) is 5.75 Å². The molecule has 1 fully saturated rings. The van der Waals surface area contributed by atoms with E-state index in [-0.39, 0.29) is 0 Å². The smallest absolute Gasteiger partial charge is 0.191 e. The quantitative estimate of drug-likeness (QED) is 0.658. The van der Waals surface area contributed by atoms with E-state index >= 15 is 0 Å². The van der Waals surface area contributed by atoms with Crippen molar-refractivity contribution >= 4 is 17.3 Å². The van der Waals surface area contributed by atoms with E-state index < -0.39 is 0 Å². The van der Waals surface area contributed by atoms with Crippen LogP contribution in [0.1, 0.15) is 18.5 Å². The van der Waals surface area contributed by atoms with E-state index in [1.54, 1.807) is 25.5 Å². The number of aromatic nitrogens is 1. The fourth-order valence-electron chi connectivity index (χ4n) is 2.04. The molecule has 1 aromatic carbocycles. The van der Waals surface area contributed by atoms with Gasteiger partial charge in [-0.05, 0) is 37.1 Å². The lowest BCUT2D eigenvalue weighted by atomic mass is 10.2. The van der Waals surface area contributed by atoms with Crippen LogP contribution in [0, 0.1) is 0 Å². The number of aliphatic imine (C=N–C) groups is 1. The number of benzene rings is 1. The molecule has 116 valence electrons. The van der Waals surface area contributed by atoms with Gasteiger partial charge in [0.05, 0.1) is 19.3 Å². The maximum absolute atomic E-state index is 5.18. The molecular formula is C16H20N4OS. The zero-order valence-corrected chi connectivity index (χ0v) is 13.6. The van der Waals surface area contributed by atoms with Crippen LogP contribution < -0.4 is 15.4 Å². The number of rotatable bonds is 5. The second kappa shape index (κ2) is 6.79. The molecule has 0 amide bonds. The average molecular weight is 316 g/mol. The summed E-state index contributed by atoms with van der Waals surface area (Å²) in [5.41, 5.74) is 2.13. The van der Waals surface area contributed by atoms with Crippen molar-refractivity contribution in [2.45, 2.75) is 25.4 Å². The second-order valence-electron chi connectivity index (χ2n) is 5.22. The summed E-state index contributed by atoms with van der Waals surface area (Å²) in [5.74, 6) is 1.71. The molecule has 0 saturated heterocycles. The Bertz CT molecular complexity index is 646. The van der Waals surface area contributed by atoms with Crippen molar-refractivity contribution in [3.05, 3.63) is 35.3 Å². The molecule has 0 atom stereocenters. The second-order valence-corrected chi connectivity index (χ2v) is 6.07. The molecule has 0 spiro atoms. The Labute approximate surface area is 134 Å². The molecule has 0 bridgehead atoms. The molecule has 22 heavy (non-hydrogen) atoms. The van der Waals surface area contributed by atoms with E-state index in [0.29, 0.717) is 12.6 Å². The molecule has 5 nitrogen and oxygen atoms in total. The maximum Gasteiger partial charge on any atom is 0.191 e. The molecule has 2 N–H and O–H groups in total. The monoisotopic (exact) mass is 316 g/mol. The van der Waals surface area contributed by atoms with Crippen LogP contribution in [0.4, 0.5) is 0 Å². The zero-order chi connectivity index (χ0) is 15.4. The first-order chi connectivity index (χ1) is 10.8. The summed E-state index contributed by atoms with van der Waals surface area (Å²) in [5, 5.41) is 9.76. The van der Waals surface area contributed by atoms with Crippen LogP contribution in [0.25, 0.3) is 10.6 Å². The Morgan fingerprint density at radius 2 is 2.14 bits per heavy atom. The molecule has 1 aromatic heterocycles. The lowest BCUT2D eigenvalue weighted by Crippen LogP contribution is -2.38. The van der Waals surface area contributed by atoms with Gasteiger partial charge in [0.15, 0.2) is 5.96 Å². The number of guanidine groups is 1. The van der Waals surface area contributed by atoms with E-state index in [1.165, 1.54) is 12.8 Å². The topological polar surface area (TPSA) is 58.5 Å². The highest BCUT2D eigenvalue weighted by Crippen LogP contribution is 2.25. The predicted molar refractivity (Wildman–Crippen MR) is 90.5 cm³/mol. The Morgan fingerprint density at radius 1 is 1.36 bits per heavy atom. The number of nitrogens with zero attached hydrogens (tertiary/aromatic N) is 2. The van der Waals surface area contributed by atoms with Gasteiger partial charge in [-0.15, -0.1) is 11.3 Å². The third-order valence-electron chi connectivity index (χ3n) is 3.47. The molecule has 0 radical (unpaired) electrons. The van der Waals surface area contributed by atoms with Crippen molar-refractivity contribution in [1.82, 2.24) is 15.6 Å². The first kappa shape index (κ1) is 14.8. The number of methoxy groups -OCH3 is 1. The van der Waals surface area contributed by atoms with Gasteiger partial charge in [-0.3, -0.25) is 4.99 Å². The number of nitrogens with one attached hydrogen (secondary N) is 2. The van der Waals surface area contributed by atoms with Crippen molar-refractivity contribution in [2.75, 3.05) is 14.2 Å². The first-order valence-electron chi connectivity index (χ1n) is 7.34. The largest absolute Gasteiger partial charge is 0.497 e. The third-order valence-corrected chi connectivity index (χ3v) is 4.41. The number of thiazole rings is 1. The lowest BCUT2D eigenvalue weighted by Gasteiger charge is -2.09. The molecule has 2 aromatic rings. The van der Waals surface area contributed by atoms with Gasteiger partial charge >= 0.3 is 0 Å². The fourth-order valence-corrected chi connectivity index (χ4v) is 2.87. The van der Waals surface area contributed by atoms with Gasteiger partial charge in [0.1, 0.15) is 10.8 Å². The minimum atomic E-state index is 0.594. The maximum atomic E-state index is 5.18. The van der Waals surface area contributed by atoms with Gasteiger partial charge in [-0.25, -0.2) is 4.98 Å². The van der Waals surface area contributed by atoms with Crippen molar-refractivity contribution in [2.24, 2.45) is 4.99 Å². The van der Waals surface area contributed by atoms with Crippen LogP contribution in [0.15, 0.2) is 34.6 Å². The summed E-state index contributed by atoms with van der Waals surface area (Å²) in [6, 6.07) is 8.56. The highest BCUT2D eigenvalue weighted by atomic mass is 32.1. The lowest BCUT2D eigenvalue weighted by molar-refractivity contribution is 0.415. The highest BCUT2D eigenvalue weighted by Gasteiger charge is 2.22. The average Bonchev–Trinajstić information content (AvgIpc) is 3.26. The molecule has 1 aliphatic carbocycles. The minimum absolute atomic E-state index is 0.594. The molecule has 6 heteroatoms. The molecule has 3 rings (SSSR count). The Hall–Kier alpha value is -2.08. The fraction of sp³-hybridized carbons (Fsp3) is 0.375. The van der Waals surface area contributed by atoms with Crippen LogP contribution >= 0.6 is 11.3 Å². The molecule has 1 saturated carbocycles. The van der Waals surface area contributed by atoms with Gasteiger partial charge in [0.25, 0.3) is 0 Å². The Morgan fingerprint density at radius 3 is 2.77 bits per heavy atom.